The van der Waals surface area contributed by atoms with Crippen LogP contribution in [0.3, 0.4) is 0 Å². The van der Waals surface area contributed by atoms with Crippen molar-refractivity contribution in [3.63, 3.8) is 0 Å². The maximum atomic E-state index is 12.0. The van der Waals surface area contributed by atoms with Crippen molar-refractivity contribution in [3.8, 4) is 0 Å². The van der Waals surface area contributed by atoms with E-state index in [1.807, 2.05) is 37.3 Å². The minimum atomic E-state index is -0.856. The maximum Gasteiger partial charge on any atom is 0.308 e. The van der Waals surface area contributed by atoms with Crippen LogP contribution in [0.2, 0.25) is 0 Å². The largest absolute Gasteiger partial charge is 0.481 e. The molecule has 1 saturated heterocycles. The van der Waals surface area contributed by atoms with Gasteiger partial charge in [0.25, 0.3) is 0 Å². The molecule has 0 radical (unpaired) electrons. The molecule has 1 amide bonds. The summed E-state index contributed by atoms with van der Waals surface area (Å²) in [5.41, 5.74) is 0.964. The van der Waals surface area contributed by atoms with E-state index in [-0.39, 0.29) is 25.0 Å². The molecule has 2 atom stereocenters. The second-order valence-electron chi connectivity index (χ2n) is 4.90. The number of aliphatic carboxylic acids is 1. The number of nitrogens with zero attached hydrogens (tertiary/aromatic N) is 1. The molecular formula is C15H19NO4. The van der Waals surface area contributed by atoms with E-state index in [1.165, 1.54) is 0 Å². The van der Waals surface area contributed by atoms with Gasteiger partial charge in [0.2, 0.25) is 5.91 Å². The third kappa shape index (κ3) is 3.17. The molecule has 1 aromatic carbocycles. The van der Waals surface area contributed by atoms with Crippen LogP contribution in [0.25, 0.3) is 0 Å². The summed E-state index contributed by atoms with van der Waals surface area (Å²) in [7, 11) is 0. The van der Waals surface area contributed by atoms with E-state index >= 15 is 0 Å². The number of carbonyl (C=O) groups excluding carboxylic acids is 1. The van der Waals surface area contributed by atoms with Gasteiger partial charge in [0.15, 0.2) is 0 Å². The summed E-state index contributed by atoms with van der Waals surface area (Å²) in [6.07, 6.45) is 0. The molecule has 2 unspecified atom stereocenters. The second kappa shape index (κ2) is 6.52. The Hall–Kier alpha value is -1.88. The molecule has 0 bridgehead atoms. The summed E-state index contributed by atoms with van der Waals surface area (Å²) < 4.78 is 5.11. The zero-order chi connectivity index (χ0) is 14.5. The zero-order valence-corrected chi connectivity index (χ0v) is 11.5. The number of ether oxygens (including phenoxy) is 1. The van der Waals surface area contributed by atoms with Crippen LogP contribution in [0.5, 0.6) is 0 Å². The Kier molecular flexibility index (Phi) is 4.74. The molecule has 1 aliphatic rings. The Balaban J connectivity index is 2.12. The molecule has 0 spiro atoms. The number of benzene rings is 1. The van der Waals surface area contributed by atoms with E-state index in [2.05, 4.69) is 0 Å². The van der Waals surface area contributed by atoms with Crippen LogP contribution in [0.15, 0.2) is 30.3 Å². The third-order valence-corrected chi connectivity index (χ3v) is 3.65. The van der Waals surface area contributed by atoms with Crippen molar-refractivity contribution in [3.05, 3.63) is 35.9 Å². The summed E-state index contributed by atoms with van der Waals surface area (Å²) in [5, 5.41) is 9.35. The zero-order valence-electron chi connectivity index (χ0n) is 11.5. The fraction of sp³-hybridized carbons (Fsp3) is 0.467. The number of carboxylic acids is 1. The highest BCUT2D eigenvalue weighted by Crippen LogP contribution is 2.32. The highest BCUT2D eigenvalue weighted by molar-refractivity contribution is 5.80. The highest BCUT2D eigenvalue weighted by Gasteiger charge is 2.40. The maximum absolute atomic E-state index is 12.0. The van der Waals surface area contributed by atoms with Gasteiger partial charge in [-0.3, -0.25) is 9.59 Å². The molecular weight excluding hydrogens is 258 g/mol. The van der Waals surface area contributed by atoms with E-state index in [1.54, 1.807) is 4.90 Å². The lowest BCUT2D eigenvalue weighted by atomic mass is 9.89. The second-order valence-corrected chi connectivity index (χ2v) is 4.90. The van der Waals surface area contributed by atoms with E-state index in [4.69, 9.17) is 4.74 Å². The topological polar surface area (TPSA) is 66.8 Å². The quantitative estimate of drug-likeness (QED) is 0.882. The number of carboxylic acid groups (broad SMARTS) is 1. The van der Waals surface area contributed by atoms with Crippen molar-refractivity contribution < 1.29 is 19.4 Å². The average Bonchev–Trinajstić information content (AvgIpc) is 2.91. The molecule has 0 aliphatic carbocycles. The van der Waals surface area contributed by atoms with E-state index in [0.29, 0.717) is 13.2 Å². The molecule has 108 valence electrons. The monoisotopic (exact) mass is 277 g/mol. The minimum Gasteiger partial charge on any atom is -0.481 e. The van der Waals surface area contributed by atoms with E-state index in [0.717, 1.165) is 5.56 Å². The van der Waals surface area contributed by atoms with Crippen molar-refractivity contribution >= 4 is 11.9 Å². The van der Waals surface area contributed by atoms with Crippen LogP contribution in [0.4, 0.5) is 0 Å². The molecule has 20 heavy (non-hydrogen) atoms. The van der Waals surface area contributed by atoms with Gasteiger partial charge in [-0.25, -0.2) is 0 Å². The first-order valence-electron chi connectivity index (χ1n) is 6.76. The van der Waals surface area contributed by atoms with Gasteiger partial charge in [-0.15, -0.1) is 0 Å². The van der Waals surface area contributed by atoms with Crippen molar-refractivity contribution in [2.24, 2.45) is 5.92 Å². The number of amides is 1. The predicted molar refractivity (Wildman–Crippen MR) is 73.4 cm³/mol. The first-order chi connectivity index (χ1) is 9.63. The molecule has 0 saturated carbocycles. The fourth-order valence-corrected chi connectivity index (χ4v) is 2.58. The molecule has 1 heterocycles. The van der Waals surface area contributed by atoms with Crippen molar-refractivity contribution in [1.29, 1.82) is 0 Å². The predicted octanol–water partition coefficient (Wildman–Crippen LogP) is 1.35. The SMILES string of the molecule is CCOCC(=O)N1CC(C(=O)O)C(c2ccccc2)C1. The smallest absolute Gasteiger partial charge is 0.308 e. The molecule has 1 aromatic rings. The summed E-state index contributed by atoms with van der Waals surface area (Å²) in [6, 6.07) is 9.50. The molecule has 1 aliphatic heterocycles. The van der Waals surface area contributed by atoms with Gasteiger partial charge in [-0.05, 0) is 12.5 Å². The van der Waals surface area contributed by atoms with Gasteiger partial charge in [-0.2, -0.15) is 0 Å². The third-order valence-electron chi connectivity index (χ3n) is 3.65. The number of hydrogen-bond donors (Lipinski definition) is 1. The molecule has 0 aromatic heterocycles. The Labute approximate surface area is 118 Å². The average molecular weight is 277 g/mol. The lowest BCUT2D eigenvalue weighted by Gasteiger charge is -2.16. The van der Waals surface area contributed by atoms with Crippen molar-refractivity contribution in [1.82, 2.24) is 4.90 Å². The summed E-state index contributed by atoms with van der Waals surface area (Å²) in [5.74, 6) is -1.70. The summed E-state index contributed by atoms with van der Waals surface area (Å²) in [6.45, 7) is 3.01. The minimum absolute atomic E-state index is 0.0182. The van der Waals surface area contributed by atoms with Gasteiger partial charge < -0.3 is 14.7 Å². The van der Waals surface area contributed by atoms with Crippen LogP contribution in [0, 0.1) is 5.92 Å². The summed E-state index contributed by atoms with van der Waals surface area (Å²) in [4.78, 5) is 24.9. The molecule has 2 rings (SSSR count). The standard InChI is InChI=1S/C15H19NO4/c1-2-20-10-14(17)16-8-12(13(9-16)15(18)19)11-6-4-3-5-7-11/h3-7,12-13H,2,8-10H2,1H3,(H,18,19). The number of likely N-dealkylation sites (tertiary alicyclic amines) is 1. The molecule has 1 fully saturated rings. The fourth-order valence-electron chi connectivity index (χ4n) is 2.58. The molecule has 5 nitrogen and oxygen atoms in total. The Morgan fingerprint density at radius 2 is 2.00 bits per heavy atom. The van der Waals surface area contributed by atoms with E-state index in [9.17, 15) is 14.7 Å². The number of rotatable bonds is 5. The lowest BCUT2D eigenvalue weighted by molar-refractivity contribution is -0.142. The van der Waals surface area contributed by atoms with Gasteiger partial charge >= 0.3 is 5.97 Å². The highest BCUT2D eigenvalue weighted by atomic mass is 16.5. The van der Waals surface area contributed by atoms with Crippen LogP contribution >= 0.6 is 0 Å². The molecule has 1 N–H and O–H groups in total. The Morgan fingerprint density at radius 1 is 1.30 bits per heavy atom. The van der Waals surface area contributed by atoms with E-state index < -0.39 is 11.9 Å². The van der Waals surface area contributed by atoms with Crippen LogP contribution in [-0.4, -0.2) is 48.2 Å². The normalized spacial score (nSPS) is 21.9. The van der Waals surface area contributed by atoms with Gasteiger partial charge in [0.05, 0.1) is 5.92 Å². The van der Waals surface area contributed by atoms with Gasteiger partial charge in [-0.1, -0.05) is 30.3 Å². The van der Waals surface area contributed by atoms with Gasteiger partial charge in [0, 0.05) is 25.6 Å². The number of hydrogen-bond acceptors (Lipinski definition) is 3. The first-order valence-corrected chi connectivity index (χ1v) is 6.76. The van der Waals surface area contributed by atoms with Crippen LogP contribution in [-0.2, 0) is 14.3 Å². The van der Waals surface area contributed by atoms with Crippen molar-refractivity contribution in [2.75, 3.05) is 26.3 Å². The summed E-state index contributed by atoms with van der Waals surface area (Å²) >= 11 is 0. The Bertz CT molecular complexity index is 474. The van der Waals surface area contributed by atoms with Crippen LogP contribution < -0.4 is 0 Å². The molecule has 5 heteroatoms. The van der Waals surface area contributed by atoms with Crippen molar-refractivity contribution in [2.45, 2.75) is 12.8 Å². The first kappa shape index (κ1) is 14.5. The van der Waals surface area contributed by atoms with Crippen LogP contribution in [0.1, 0.15) is 18.4 Å². The lowest BCUT2D eigenvalue weighted by Crippen LogP contribution is -2.33. The number of carbonyl (C=O) groups is 2. The Morgan fingerprint density at radius 3 is 2.60 bits per heavy atom. The van der Waals surface area contributed by atoms with Gasteiger partial charge in [0.1, 0.15) is 6.61 Å².